The predicted octanol–water partition coefficient (Wildman–Crippen LogP) is 3.23. The van der Waals surface area contributed by atoms with Gasteiger partial charge in [-0.1, -0.05) is 37.1 Å². The first-order valence-electron chi connectivity index (χ1n) is 6.45. The molecule has 0 aromatic heterocycles. The Hall–Kier alpha value is -0.730. The van der Waals surface area contributed by atoms with Crippen LogP contribution in [0, 0.1) is 6.92 Å². The molecule has 1 N–H and O–H groups in total. The zero-order valence-corrected chi connectivity index (χ0v) is 11.4. The topological polar surface area (TPSA) is 15.3 Å². The molecule has 1 saturated heterocycles. The molecule has 17 heavy (non-hydrogen) atoms. The molecule has 0 amide bonds. The average molecular weight is 253 g/mol. The summed E-state index contributed by atoms with van der Waals surface area (Å²) in [4.78, 5) is 2.43. The maximum atomic E-state index is 6.33. The summed E-state index contributed by atoms with van der Waals surface area (Å²) in [6.45, 7) is 7.54. The first-order valence-corrected chi connectivity index (χ1v) is 6.83. The van der Waals surface area contributed by atoms with Crippen molar-refractivity contribution < 1.29 is 0 Å². The molecule has 1 aromatic rings. The number of rotatable bonds is 3. The highest BCUT2D eigenvalue weighted by Gasteiger charge is 2.21. The van der Waals surface area contributed by atoms with Crippen molar-refractivity contribution in [2.45, 2.75) is 32.7 Å². The van der Waals surface area contributed by atoms with E-state index in [1.54, 1.807) is 0 Å². The van der Waals surface area contributed by atoms with Crippen LogP contribution in [0.3, 0.4) is 0 Å². The summed E-state index contributed by atoms with van der Waals surface area (Å²) in [5, 5.41) is 4.45. The Bertz CT molecular complexity index is 356. The van der Waals surface area contributed by atoms with Crippen LogP contribution >= 0.6 is 11.6 Å². The fourth-order valence-corrected chi connectivity index (χ4v) is 2.94. The lowest BCUT2D eigenvalue weighted by Gasteiger charge is -2.36. The SMILES string of the molecule is CCCC1CN(c2c(C)cccc2Cl)CCN1. The van der Waals surface area contributed by atoms with Gasteiger partial charge in [0.15, 0.2) is 0 Å². The molecule has 0 aliphatic carbocycles. The molecule has 1 heterocycles. The monoisotopic (exact) mass is 252 g/mol. The van der Waals surface area contributed by atoms with Crippen molar-refractivity contribution in [1.82, 2.24) is 5.32 Å². The molecular formula is C14H21ClN2. The maximum absolute atomic E-state index is 6.33. The van der Waals surface area contributed by atoms with Gasteiger partial charge in [-0.05, 0) is 25.0 Å². The lowest BCUT2D eigenvalue weighted by molar-refractivity contribution is 0.430. The number of nitrogens with zero attached hydrogens (tertiary/aromatic N) is 1. The molecule has 0 saturated carbocycles. The molecule has 0 radical (unpaired) electrons. The standard InChI is InChI=1S/C14H21ClN2/c1-3-5-12-10-17(9-8-16-12)14-11(2)6-4-7-13(14)15/h4,6-7,12,16H,3,5,8-10H2,1-2H3. The van der Waals surface area contributed by atoms with E-state index >= 15 is 0 Å². The lowest BCUT2D eigenvalue weighted by Crippen LogP contribution is -2.50. The molecule has 0 bridgehead atoms. The van der Waals surface area contributed by atoms with Gasteiger partial charge >= 0.3 is 0 Å². The van der Waals surface area contributed by atoms with E-state index in [1.807, 2.05) is 12.1 Å². The fourth-order valence-electron chi connectivity index (χ4n) is 2.59. The minimum Gasteiger partial charge on any atom is -0.367 e. The van der Waals surface area contributed by atoms with Crippen LogP contribution in [0.2, 0.25) is 5.02 Å². The van der Waals surface area contributed by atoms with Gasteiger partial charge in [0, 0.05) is 25.7 Å². The maximum Gasteiger partial charge on any atom is 0.0642 e. The average Bonchev–Trinajstić information content (AvgIpc) is 2.30. The number of para-hydroxylation sites is 1. The van der Waals surface area contributed by atoms with Crippen molar-refractivity contribution in [2.24, 2.45) is 0 Å². The van der Waals surface area contributed by atoms with E-state index in [-0.39, 0.29) is 0 Å². The lowest BCUT2D eigenvalue weighted by atomic mass is 10.1. The van der Waals surface area contributed by atoms with Gasteiger partial charge in [0.05, 0.1) is 10.7 Å². The Kier molecular flexibility index (Phi) is 4.30. The smallest absolute Gasteiger partial charge is 0.0642 e. The number of halogens is 1. The van der Waals surface area contributed by atoms with Crippen LogP contribution in [0.1, 0.15) is 25.3 Å². The molecular weight excluding hydrogens is 232 g/mol. The molecule has 1 fully saturated rings. The number of benzene rings is 1. The molecule has 94 valence electrons. The largest absolute Gasteiger partial charge is 0.367 e. The molecule has 1 unspecified atom stereocenters. The molecule has 3 heteroatoms. The summed E-state index contributed by atoms with van der Waals surface area (Å²) in [7, 11) is 0. The summed E-state index contributed by atoms with van der Waals surface area (Å²) >= 11 is 6.33. The normalized spacial score (nSPS) is 20.6. The Morgan fingerprint density at radius 1 is 1.47 bits per heavy atom. The molecule has 1 aliphatic rings. The van der Waals surface area contributed by atoms with E-state index in [0.29, 0.717) is 6.04 Å². The second kappa shape index (κ2) is 5.74. The number of piperazine rings is 1. The van der Waals surface area contributed by atoms with Crippen molar-refractivity contribution >= 4 is 17.3 Å². The van der Waals surface area contributed by atoms with Crippen LogP contribution in [-0.2, 0) is 0 Å². The molecule has 2 nitrogen and oxygen atoms in total. The molecule has 1 aliphatic heterocycles. The zero-order valence-electron chi connectivity index (χ0n) is 10.7. The number of anilines is 1. The van der Waals surface area contributed by atoms with Gasteiger partial charge < -0.3 is 10.2 Å². The molecule has 1 aromatic carbocycles. The summed E-state index contributed by atoms with van der Waals surface area (Å²) < 4.78 is 0. The van der Waals surface area contributed by atoms with E-state index in [0.717, 1.165) is 24.7 Å². The van der Waals surface area contributed by atoms with Crippen LogP contribution in [0.25, 0.3) is 0 Å². The van der Waals surface area contributed by atoms with Crippen LogP contribution in [0.4, 0.5) is 5.69 Å². The van der Waals surface area contributed by atoms with Gasteiger partial charge in [-0.2, -0.15) is 0 Å². The van der Waals surface area contributed by atoms with Gasteiger partial charge in [-0.15, -0.1) is 0 Å². The second-order valence-corrected chi connectivity index (χ2v) is 5.20. The van der Waals surface area contributed by atoms with Crippen LogP contribution in [-0.4, -0.2) is 25.7 Å². The summed E-state index contributed by atoms with van der Waals surface area (Å²) in [6, 6.07) is 6.75. The quantitative estimate of drug-likeness (QED) is 0.889. The van der Waals surface area contributed by atoms with E-state index in [2.05, 4.69) is 30.1 Å². The number of aryl methyl sites for hydroxylation is 1. The van der Waals surface area contributed by atoms with E-state index < -0.39 is 0 Å². The third kappa shape index (κ3) is 2.93. The minimum atomic E-state index is 0.601. The number of hydrogen-bond donors (Lipinski definition) is 1. The number of nitrogens with one attached hydrogen (secondary N) is 1. The Morgan fingerprint density at radius 2 is 2.29 bits per heavy atom. The van der Waals surface area contributed by atoms with E-state index in [9.17, 15) is 0 Å². The summed E-state index contributed by atoms with van der Waals surface area (Å²) in [5.74, 6) is 0. The van der Waals surface area contributed by atoms with Gasteiger partial charge in [0.2, 0.25) is 0 Å². The fraction of sp³-hybridized carbons (Fsp3) is 0.571. The highest BCUT2D eigenvalue weighted by molar-refractivity contribution is 6.33. The van der Waals surface area contributed by atoms with Crippen molar-refractivity contribution in [3.63, 3.8) is 0 Å². The van der Waals surface area contributed by atoms with Crippen molar-refractivity contribution in [2.75, 3.05) is 24.5 Å². The van der Waals surface area contributed by atoms with Crippen molar-refractivity contribution in [3.8, 4) is 0 Å². The zero-order chi connectivity index (χ0) is 12.3. The Balaban J connectivity index is 2.16. The first kappa shape index (κ1) is 12.7. The van der Waals surface area contributed by atoms with Gasteiger partial charge in [0.1, 0.15) is 0 Å². The molecule has 2 rings (SSSR count). The first-order chi connectivity index (χ1) is 8.22. The molecule has 1 atom stereocenters. The van der Waals surface area contributed by atoms with E-state index in [4.69, 9.17) is 11.6 Å². The van der Waals surface area contributed by atoms with E-state index in [1.165, 1.54) is 24.1 Å². The number of hydrogen-bond acceptors (Lipinski definition) is 2. The summed E-state index contributed by atoms with van der Waals surface area (Å²) in [5.41, 5.74) is 2.49. The molecule has 0 spiro atoms. The van der Waals surface area contributed by atoms with Crippen molar-refractivity contribution in [3.05, 3.63) is 28.8 Å². The predicted molar refractivity (Wildman–Crippen MR) is 75.1 cm³/mol. The van der Waals surface area contributed by atoms with Gasteiger partial charge in [0.25, 0.3) is 0 Å². The second-order valence-electron chi connectivity index (χ2n) is 4.79. The van der Waals surface area contributed by atoms with Crippen LogP contribution in [0.15, 0.2) is 18.2 Å². The van der Waals surface area contributed by atoms with Gasteiger partial charge in [-0.3, -0.25) is 0 Å². The van der Waals surface area contributed by atoms with Crippen molar-refractivity contribution in [1.29, 1.82) is 0 Å². The Morgan fingerprint density at radius 3 is 3.00 bits per heavy atom. The summed E-state index contributed by atoms with van der Waals surface area (Å²) in [6.07, 6.45) is 2.47. The Labute approximate surface area is 109 Å². The highest BCUT2D eigenvalue weighted by atomic mass is 35.5. The minimum absolute atomic E-state index is 0.601. The third-order valence-electron chi connectivity index (χ3n) is 3.40. The van der Waals surface area contributed by atoms with Crippen LogP contribution in [0.5, 0.6) is 0 Å². The third-order valence-corrected chi connectivity index (χ3v) is 3.70. The highest BCUT2D eigenvalue weighted by Crippen LogP contribution is 2.30. The van der Waals surface area contributed by atoms with Crippen LogP contribution < -0.4 is 10.2 Å². The van der Waals surface area contributed by atoms with Gasteiger partial charge in [-0.25, -0.2) is 0 Å².